The van der Waals surface area contributed by atoms with E-state index in [2.05, 4.69) is 26.5 Å². The highest BCUT2D eigenvalue weighted by molar-refractivity contribution is 14.0. The van der Waals surface area contributed by atoms with Gasteiger partial charge in [0.1, 0.15) is 5.75 Å². The number of aliphatic hydroxyl groups is 1. The fraction of sp³-hybridized carbons (Fsp3) is 0.565. The summed E-state index contributed by atoms with van der Waals surface area (Å²) in [6, 6.07) is 10.2. The van der Waals surface area contributed by atoms with Gasteiger partial charge in [0.25, 0.3) is 0 Å². The lowest BCUT2D eigenvalue weighted by molar-refractivity contribution is 0.179. The molecule has 0 saturated heterocycles. The number of halogens is 1. The lowest BCUT2D eigenvalue weighted by atomic mass is 10.1. The summed E-state index contributed by atoms with van der Waals surface area (Å²) in [6.07, 6.45) is 6.53. The number of nitrogens with zero attached hydrogens (tertiary/aromatic N) is 3. The zero-order valence-electron chi connectivity index (χ0n) is 18.8. The number of ether oxygens (including phenoxy) is 1. The topological polar surface area (TPSA) is 83.7 Å². The summed E-state index contributed by atoms with van der Waals surface area (Å²) in [4.78, 5) is 4.63. The van der Waals surface area contributed by atoms with Crippen molar-refractivity contribution in [3.05, 3.63) is 47.8 Å². The molecular formula is C23H36IN5O2. The average Bonchev–Trinajstić information content (AvgIpc) is 3.41. The lowest BCUT2D eigenvalue weighted by Crippen LogP contribution is -2.39. The maximum Gasteiger partial charge on any atom is 0.191 e. The molecule has 3 rings (SSSR count). The van der Waals surface area contributed by atoms with Crippen molar-refractivity contribution < 1.29 is 9.84 Å². The van der Waals surface area contributed by atoms with E-state index in [0.29, 0.717) is 25.1 Å². The standard InChI is InChI=1S/C23H35N5O2.HI/c1-4-24-23(25-15-19-12-13-28(27-19)20-9-5-6-10-20)26-16-22(29)18-8-7-11-21(14-18)30-17(2)3;/h7-8,11-14,17,20,22,29H,4-6,9-10,15-16H2,1-3H3,(H2,24,25,26);1H. The number of hydrogen-bond donors (Lipinski definition) is 3. The van der Waals surface area contributed by atoms with Crippen LogP contribution in [0.15, 0.2) is 41.5 Å². The highest BCUT2D eigenvalue weighted by atomic mass is 127. The molecule has 1 aromatic carbocycles. The molecule has 1 saturated carbocycles. The summed E-state index contributed by atoms with van der Waals surface area (Å²) < 4.78 is 7.81. The second kappa shape index (κ2) is 12.9. The number of hydrogen-bond acceptors (Lipinski definition) is 4. The van der Waals surface area contributed by atoms with Crippen LogP contribution in [0.25, 0.3) is 0 Å². The van der Waals surface area contributed by atoms with Crippen LogP contribution >= 0.6 is 24.0 Å². The first kappa shape index (κ1) is 25.5. The lowest BCUT2D eigenvalue weighted by Gasteiger charge is -2.17. The molecule has 0 spiro atoms. The average molecular weight is 541 g/mol. The summed E-state index contributed by atoms with van der Waals surface area (Å²) in [5.74, 6) is 1.43. The molecule has 1 aromatic heterocycles. The van der Waals surface area contributed by atoms with Crippen molar-refractivity contribution in [2.45, 2.75) is 71.2 Å². The van der Waals surface area contributed by atoms with Crippen LogP contribution in [0, 0.1) is 0 Å². The van der Waals surface area contributed by atoms with Gasteiger partial charge in [-0.05, 0) is 57.4 Å². The van der Waals surface area contributed by atoms with Crippen molar-refractivity contribution in [2.24, 2.45) is 4.99 Å². The molecule has 0 bridgehead atoms. The Balaban J connectivity index is 0.00000341. The first-order chi connectivity index (χ1) is 14.5. The third-order valence-corrected chi connectivity index (χ3v) is 5.18. The van der Waals surface area contributed by atoms with E-state index in [1.165, 1.54) is 25.7 Å². The summed E-state index contributed by atoms with van der Waals surface area (Å²) in [5, 5.41) is 21.7. The third kappa shape index (κ3) is 7.99. The van der Waals surface area contributed by atoms with Crippen molar-refractivity contribution in [3.63, 3.8) is 0 Å². The molecule has 0 radical (unpaired) electrons. The van der Waals surface area contributed by atoms with E-state index in [1.54, 1.807) is 0 Å². The predicted molar refractivity (Wildman–Crippen MR) is 135 cm³/mol. The molecule has 1 unspecified atom stereocenters. The normalized spacial score (nSPS) is 15.6. The molecule has 0 amide bonds. The minimum Gasteiger partial charge on any atom is -0.491 e. The largest absolute Gasteiger partial charge is 0.491 e. The van der Waals surface area contributed by atoms with E-state index in [0.717, 1.165) is 23.6 Å². The smallest absolute Gasteiger partial charge is 0.191 e. The molecule has 8 heteroatoms. The first-order valence-electron chi connectivity index (χ1n) is 11.1. The number of nitrogens with one attached hydrogen (secondary N) is 2. The van der Waals surface area contributed by atoms with Gasteiger partial charge >= 0.3 is 0 Å². The molecule has 1 aliphatic carbocycles. The zero-order valence-corrected chi connectivity index (χ0v) is 21.1. The number of guanidine groups is 1. The summed E-state index contributed by atoms with van der Waals surface area (Å²) in [7, 11) is 0. The fourth-order valence-electron chi connectivity index (χ4n) is 3.71. The van der Waals surface area contributed by atoms with Gasteiger partial charge in [0, 0.05) is 19.3 Å². The van der Waals surface area contributed by atoms with Gasteiger partial charge in [-0.25, -0.2) is 4.99 Å². The predicted octanol–water partition coefficient (Wildman–Crippen LogP) is 4.19. The van der Waals surface area contributed by atoms with Crippen LogP contribution in [-0.2, 0) is 6.54 Å². The molecule has 2 aromatic rings. The van der Waals surface area contributed by atoms with Gasteiger partial charge in [0.2, 0.25) is 0 Å². The maximum absolute atomic E-state index is 10.6. The Bertz CT molecular complexity index is 818. The Morgan fingerprint density at radius 2 is 2.03 bits per heavy atom. The Morgan fingerprint density at radius 3 is 2.74 bits per heavy atom. The fourth-order valence-corrected chi connectivity index (χ4v) is 3.71. The van der Waals surface area contributed by atoms with Gasteiger partial charge < -0.3 is 20.5 Å². The summed E-state index contributed by atoms with van der Waals surface area (Å²) >= 11 is 0. The number of benzene rings is 1. The minimum absolute atomic E-state index is 0. The molecule has 1 atom stereocenters. The van der Waals surface area contributed by atoms with E-state index in [4.69, 9.17) is 9.84 Å². The van der Waals surface area contributed by atoms with Gasteiger partial charge in [-0.2, -0.15) is 5.10 Å². The van der Waals surface area contributed by atoms with Crippen LogP contribution in [-0.4, -0.2) is 40.0 Å². The number of aliphatic hydroxyl groups excluding tert-OH is 1. The van der Waals surface area contributed by atoms with E-state index in [-0.39, 0.29) is 30.1 Å². The Kier molecular flexibility index (Phi) is 10.6. The monoisotopic (exact) mass is 541 g/mol. The van der Waals surface area contributed by atoms with Crippen LogP contribution in [0.3, 0.4) is 0 Å². The molecule has 0 aliphatic heterocycles. The third-order valence-electron chi connectivity index (χ3n) is 5.18. The van der Waals surface area contributed by atoms with Crippen LogP contribution < -0.4 is 15.4 Å². The quantitative estimate of drug-likeness (QED) is 0.252. The highest BCUT2D eigenvalue weighted by Crippen LogP contribution is 2.28. The second-order valence-electron chi connectivity index (χ2n) is 8.06. The van der Waals surface area contributed by atoms with E-state index in [9.17, 15) is 5.11 Å². The molecule has 1 aliphatic rings. The molecule has 172 valence electrons. The maximum atomic E-state index is 10.6. The van der Waals surface area contributed by atoms with Crippen LogP contribution in [0.5, 0.6) is 5.75 Å². The van der Waals surface area contributed by atoms with E-state index in [1.807, 2.05) is 51.1 Å². The molecule has 1 heterocycles. The van der Waals surface area contributed by atoms with Crippen molar-refractivity contribution in [1.29, 1.82) is 0 Å². The Labute approximate surface area is 202 Å². The molecular weight excluding hydrogens is 505 g/mol. The van der Waals surface area contributed by atoms with Crippen molar-refractivity contribution in [3.8, 4) is 5.75 Å². The Morgan fingerprint density at radius 1 is 1.26 bits per heavy atom. The van der Waals surface area contributed by atoms with Crippen molar-refractivity contribution in [2.75, 3.05) is 13.1 Å². The molecule has 3 N–H and O–H groups in total. The summed E-state index contributed by atoms with van der Waals surface area (Å²) in [5.41, 5.74) is 1.77. The zero-order chi connectivity index (χ0) is 21.3. The van der Waals surface area contributed by atoms with Crippen LogP contribution in [0.4, 0.5) is 0 Å². The van der Waals surface area contributed by atoms with Gasteiger partial charge in [-0.3, -0.25) is 4.68 Å². The van der Waals surface area contributed by atoms with E-state index >= 15 is 0 Å². The molecule has 31 heavy (non-hydrogen) atoms. The van der Waals surface area contributed by atoms with Gasteiger partial charge in [0.05, 0.1) is 30.5 Å². The van der Waals surface area contributed by atoms with Gasteiger partial charge in [-0.15, -0.1) is 24.0 Å². The van der Waals surface area contributed by atoms with Crippen LogP contribution in [0.2, 0.25) is 0 Å². The SMILES string of the molecule is CCNC(=NCc1ccn(C2CCCC2)n1)NCC(O)c1cccc(OC(C)C)c1.I. The van der Waals surface area contributed by atoms with E-state index < -0.39 is 6.10 Å². The second-order valence-corrected chi connectivity index (χ2v) is 8.06. The highest BCUT2D eigenvalue weighted by Gasteiger charge is 2.17. The Hall–Kier alpha value is -1.81. The first-order valence-corrected chi connectivity index (χ1v) is 11.1. The van der Waals surface area contributed by atoms with Crippen molar-refractivity contribution in [1.82, 2.24) is 20.4 Å². The number of aliphatic imine (C=N–C) groups is 1. The number of aromatic nitrogens is 2. The molecule has 1 fully saturated rings. The molecule has 7 nitrogen and oxygen atoms in total. The minimum atomic E-state index is -0.661. The van der Waals surface area contributed by atoms with Crippen LogP contribution in [0.1, 0.15) is 69.9 Å². The summed E-state index contributed by atoms with van der Waals surface area (Å²) in [6.45, 7) is 7.60. The van der Waals surface area contributed by atoms with Crippen molar-refractivity contribution >= 4 is 29.9 Å². The number of rotatable bonds is 9. The van der Waals surface area contributed by atoms with Gasteiger partial charge in [0.15, 0.2) is 5.96 Å². The van der Waals surface area contributed by atoms with Gasteiger partial charge in [-0.1, -0.05) is 25.0 Å².